The van der Waals surface area contributed by atoms with Crippen LogP contribution in [0.1, 0.15) is 0 Å². The average Bonchev–Trinajstić information content (AvgIpc) is 2.35. The summed E-state index contributed by atoms with van der Waals surface area (Å²) in [5, 5.41) is 7.91. The van der Waals surface area contributed by atoms with E-state index in [9.17, 15) is 39.9 Å². The molecule has 3 nitrogen and oxygen atoms in total. The lowest BCUT2D eigenvalue weighted by atomic mass is 9.99. The molecule has 1 N–H and O–H groups in total. The van der Waals surface area contributed by atoms with Crippen LogP contribution < -0.4 is 0 Å². The Morgan fingerprint density at radius 2 is 1.40 bits per heavy atom. The summed E-state index contributed by atoms with van der Waals surface area (Å²) < 4.78 is 106. The quantitative estimate of drug-likeness (QED) is 0.445. The third kappa shape index (κ3) is 3.02. The molecule has 0 saturated heterocycles. The van der Waals surface area contributed by atoms with Crippen LogP contribution in [-0.2, 0) is 9.53 Å². The Labute approximate surface area is 106 Å². The first-order valence-corrected chi connectivity index (χ1v) is 4.68. The number of rotatable bonds is 7. The minimum absolute atomic E-state index is 0.273. The van der Waals surface area contributed by atoms with Crippen molar-refractivity contribution in [2.45, 2.75) is 23.7 Å². The highest BCUT2D eigenvalue weighted by Crippen LogP contribution is 2.52. The van der Waals surface area contributed by atoms with Crippen molar-refractivity contribution in [3.63, 3.8) is 0 Å². The number of alkyl halides is 8. The third-order valence-electron chi connectivity index (χ3n) is 2.07. The molecule has 0 atom stereocenters. The zero-order chi connectivity index (χ0) is 16.4. The van der Waals surface area contributed by atoms with Gasteiger partial charge in [0.25, 0.3) is 0 Å². The number of halogens is 8. The molecule has 0 aromatic heterocycles. The van der Waals surface area contributed by atoms with Crippen LogP contribution in [-0.4, -0.2) is 48.0 Å². The number of carbonyl (C=O) groups is 1. The number of esters is 1. The Balaban J connectivity index is 5.37. The van der Waals surface area contributed by atoms with Gasteiger partial charge in [-0.15, -0.1) is 0 Å². The van der Waals surface area contributed by atoms with Crippen molar-refractivity contribution in [1.82, 2.24) is 0 Å². The highest BCUT2D eigenvalue weighted by atomic mass is 19.4. The second-order valence-corrected chi connectivity index (χ2v) is 3.53. The standard InChI is InChI=1S/C9H8F8O3/c1-2-5(19)20-4-7(12,13)9(16,17)8(14,15)6(10,11)3-18/h2,18H,1,3-4H2. The predicted molar refractivity (Wildman–Crippen MR) is 48.0 cm³/mol. The molecule has 0 fully saturated rings. The van der Waals surface area contributed by atoms with Gasteiger partial charge in [-0.25, -0.2) is 4.79 Å². The SMILES string of the molecule is C=CC(=O)OCC(F)(F)C(F)(F)C(F)(F)C(F)(F)CO. The molecule has 20 heavy (non-hydrogen) atoms. The fraction of sp³-hybridized carbons (Fsp3) is 0.667. The number of hydrogen-bond donors (Lipinski definition) is 1. The summed E-state index contributed by atoms with van der Waals surface area (Å²) in [5.41, 5.74) is 0. The Bertz CT molecular complexity index is 379. The number of ether oxygens (including phenoxy) is 1. The third-order valence-corrected chi connectivity index (χ3v) is 2.07. The molecule has 0 aliphatic heterocycles. The lowest BCUT2D eigenvalue weighted by Crippen LogP contribution is -2.64. The number of aliphatic hydroxyl groups is 1. The van der Waals surface area contributed by atoms with Crippen LogP contribution in [0.25, 0.3) is 0 Å². The summed E-state index contributed by atoms with van der Waals surface area (Å²) in [6.45, 7) is -2.63. The van der Waals surface area contributed by atoms with Crippen LogP contribution in [0.4, 0.5) is 35.1 Å². The summed E-state index contributed by atoms with van der Waals surface area (Å²) in [4.78, 5) is 10.4. The van der Waals surface area contributed by atoms with Crippen LogP contribution in [0.2, 0.25) is 0 Å². The van der Waals surface area contributed by atoms with Gasteiger partial charge in [0.1, 0.15) is 6.61 Å². The van der Waals surface area contributed by atoms with Crippen molar-refractivity contribution >= 4 is 5.97 Å². The van der Waals surface area contributed by atoms with Crippen LogP contribution >= 0.6 is 0 Å². The lowest BCUT2D eigenvalue weighted by Gasteiger charge is -2.35. The first kappa shape index (κ1) is 18.6. The summed E-state index contributed by atoms with van der Waals surface area (Å²) in [6.07, 6.45) is 0.273. The Morgan fingerprint density at radius 3 is 1.75 bits per heavy atom. The Kier molecular flexibility index (Phi) is 5.16. The van der Waals surface area contributed by atoms with Crippen molar-refractivity contribution in [2.24, 2.45) is 0 Å². The van der Waals surface area contributed by atoms with Crippen molar-refractivity contribution in [3.05, 3.63) is 12.7 Å². The maximum absolute atomic E-state index is 12.9. The van der Waals surface area contributed by atoms with Gasteiger partial charge in [-0.1, -0.05) is 6.58 Å². The van der Waals surface area contributed by atoms with E-state index >= 15 is 0 Å². The minimum atomic E-state index is -6.58. The van der Waals surface area contributed by atoms with Gasteiger partial charge in [0, 0.05) is 6.08 Å². The molecule has 0 aromatic carbocycles. The van der Waals surface area contributed by atoms with Crippen molar-refractivity contribution in [3.8, 4) is 0 Å². The molecule has 0 radical (unpaired) electrons. The molecule has 0 aliphatic rings. The van der Waals surface area contributed by atoms with E-state index < -0.39 is 42.9 Å². The summed E-state index contributed by atoms with van der Waals surface area (Å²) in [7, 11) is 0. The van der Waals surface area contributed by atoms with Crippen LogP contribution in [0, 0.1) is 0 Å². The second-order valence-electron chi connectivity index (χ2n) is 3.53. The van der Waals surface area contributed by atoms with E-state index in [1.165, 1.54) is 0 Å². The summed E-state index contributed by atoms with van der Waals surface area (Å²) in [6, 6.07) is 0. The Morgan fingerprint density at radius 1 is 1.00 bits per heavy atom. The smallest absolute Gasteiger partial charge is 0.381 e. The highest BCUT2D eigenvalue weighted by Gasteiger charge is 2.80. The van der Waals surface area contributed by atoms with Crippen molar-refractivity contribution in [1.29, 1.82) is 0 Å². The molecule has 0 saturated carbocycles. The van der Waals surface area contributed by atoms with E-state index in [1.807, 2.05) is 0 Å². The topological polar surface area (TPSA) is 46.5 Å². The molecule has 0 aliphatic carbocycles. The van der Waals surface area contributed by atoms with E-state index in [4.69, 9.17) is 5.11 Å². The number of hydrogen-bond acceptors (Lipinski definition) is 3. The lowest BCUT2D eigenvalue weighted by molar-refractivity contribution is -0.374. The van der Waals surface area contributed by atoms with Crippen molar-refractivity contribution in [2.75, 3.05) is 13.2 Å². The molecule has 0 amide bonds. The maximum Gasteiger partial charge on any atom is 0.381 e. The van der Waals surface area contributed by atoms with E-state index in [0.717, 1.165) is 0 Å². The fourth-order valence-electron chi connectivity index (χ4n) is 0.870. The van der Waals surface area contributed by atoms with E-state index in [2.05, 4.69) is 11.3 Å². The van der Waals surface area contributed by atoms with E-state index in [1.54, 1.807) is 0 Å². The first-order valence-electron chi connectivity index (χ1n) is 4.68. The predicted octanol–water partition coefficient (Wildman–Crippen LogP) is 2.25. The van der Waals surface area contributed by atoms with Gasteiger partial charge < -0.3 is 9.84 Å². The number of carbonyl (C=O) groups excluding carboxylic acids is 1. The molecular weight excluding hydrogens is 308 g/mol. The van der Waals surface area contributed by atoms with Gasteiger partial charge in [0.15, 0.2) is 6.61 Å². The number of aliphatic hydroxyl groups excluding tert-OH is 1. The van der Waals surface area contributed by atoms with Gasteiger partial charge in [-0.3, -0.25) is 0 Å². The van der Waals surface area contributed by atoms with Crippen LogP contribution in [0.15, 0.2) is 12.7 Å². The maximum atomic E-state index is 12.9. The zero-order valence-electron chi connectivity index (χ0n) is 9.49. The largest absolute Gasteiger partial charge is 0.456 e. The molecule has 0 rings (SSSR count). The Hall–Kier alpha value is -1.39. The van der Waals surface area contributed by atoms with E-state index in [-0.39, 0.29) is 6.08 Å². The normalized spacial score (nSPS) is 14.1. The van der Waals surface area contributed by atoms with Crippen LogP contribution in [0.5, 0.6) is 0 Å². The van der Waals surface area contributed by atoms with Gasteiger partial charge in [-0.05, 0) is 0 Å². The minimum Gasteiger partial charge on any atom is -0.456 e. The summed E-state index contributed by atoms with van der Waals surface area (Å²) in [5.74, 6) is -26.4. The molecule has 11 heteroatoms. The molecule has 0 aromatic rings. The fourth-order valence-corrected chi connectivity index (χ4v) is 0.870. The highest BCUT2D eigenvalue weighted by molar-refractivity contribution is 5.81. The zero-order valence-corrected chi connectivity index (χ0v) is 9.49. The molecular formula is C9H8F8O3. The van der Waals surface area contributed by atoms with Crippen molar-refractivity contribution < 1.29 is 49.8 Å². The molecule has 0 spiro atoms. The molecule has 0 unspecified atom stereocenters. The first-order chi connectivity index (χ1) is 8.77. The van der Waals surface area contributed by atoms with E-state index in [0.29, 0.717) is 0 Å². The van der Waals surface area contributed by atoms with Gasteiger partial charge in [0.2, 0.25) is 0 Å². The molecule has 118 valence electrons. The van der Waals surface area contributed by atoms with Crippen LogP contribution in [0.3, 0.4) is 0 Å². The molecule has 0 heterocycles. The summed E-state index contributed by atoms with van der Waals surface area (Å²) >= 11 is 0. The van der Waals surface area contributed by atoms with Gasteiger partial charge >= 0.3 is 29.7 Å². The van der Waals surface area contributed by atoms with Gasteiger partial charge in [-0.2, -0.15) is 35.1 Å². The average molecular weight is 316 g/mol. The van der Waals surface area contributed by atoms with Gasteiger partial charge in [0.05, 0.1) is 0 Å². The second kappa shape index (κ2) is 5.54. The monoisotopic (exact) mass is 316 g/mol. The molecule has 0 bridgehead atoms.